The summed E-state index contributed by atoms with van der Waals surface area (Å²) in [6.07, 6.45) is 1.34. The van der Waals surface area contributed by atoms with E-state index in [1.807, 2.05) is 65.2 Å². The lowest BCUT2D eigenvalue weighted by atomic mass is 10.1. The number of aromatic carboxylic acids is 2. The van der Waals surface area contributed by atoms with Crippen LogP contribution in [0.15, 0.2) is 91.0 Å². The molecule has 154 valence electrons. The Balaban J connectivity index is 1.91. The summed E-state index contributed by atoms with van der Waals surface area (Å²) in [7, 11) is 0. The van der Waals surface area contributed by atoms with E-state index in [1.54, 1.807) is 24.3 Å². The summed E-state index contributed by atoms with van der Waals surface area (Å²) < 4.78 is 1.87. The van der Waals surface area contributed by atoms with Gasteiger partial charge in [-0.2, -0.15) is 0 Å². The maximum Gasteiger partial charge on any atom is 0.337 e. The zero-order chi connectivity index (χ0) is 21.8. The summed E-state index contributed by atoms with van der Waals surface area (Å²) in [6.45, 7) is 0. The monoisotopic (exact) mass is 411 g/mol. The molecule has 0 saturated carbocycles. The predicted molar refractivity (Wildman–Crippen MR) is 119 cm³/mol. The van der Waals surface area contributed by atoms with Gasteiger partial charge in [0.2, 0.25) is 0 Å². The van der Waals surface area contributed by atoms with Gasteiger partial charge in [0, 0.05) is 11.4 Å². The largest absolute Gasteiger partial charge is 0.478 e. The van der Waals surface area contributed by atoms with Crippen molar-refractivity contribution in [2.24, 2.45) is 0 Å². The molecule has 1 heterocycles. The van der Waals surface area contributed by atoms with Crippen molar-refractivity contribution >= 4 is 11.9 Å². The quantitative estimate of drug-likeness (QED) is 0.431. The third-order valence-corrected chi connectivity index (χ3v) is 5.22. The van der Waals surface area contributed by atoms with Crippen LogP contribution in [0.5, 0.6) is 0 Å². The smallest absolute Gasteiger partial charge is 0.337 e. The Morgan fingerprint density at radius 2 is 1.39 bits per heavy atom. The number of aryl methyl sites for hydroxylation is 2. The van der Waals surface area contributed by atoms with Gasteiger partial charge >= 0.3 is 11.9 Å². The minimum Gasteiger partial charge on any atom is -0.478 e. The Morgan fingerprint density at radius 3 is 2.03 bits per heavy atom. The summed E-state index contributed by atoms with van der Waals surface area (Å²) in [5, 5.41) is 19.4. The molecule has 4 aromatic rings. The van der Waals surface area contributed by atoms with Crippen molar-refractivity contribution in [2.45, 2.75) is 12.8 Å². The Hall–Kier alpha value is -4.12. The molecule has 0 amide bonds. The van der Waals surface area contributed by atoms with Crippen LogP contribution in [-0.4, -0.2) is 26.7 Å². The Morgan fingerprint density at radius 1 is 0.710 bits per heavy atom. The van der Waals surface area contributed by atoms with Crippen LogP contribution in [0.3, 0.4) is 0 Å². The number of carboxylic acids is 2. The van der Waals surface area contributed by atoms with Crippen molar-refractivity contribution < 1.29 is 19.8 Å². The van der Waals surface area contributed by atoms with E-state index in [-0.39, 0.29) is 11.1 Å². The first-order chi connectivity index (χ1) is 15.0. The lowest BCUT2D eigenvalue weighted by molar-refractivity contribution is 0.0686. The van der Waals surface area contributed by atoms with E-state index in [1.165, 1.54) is 6.07 Å². The van der Waals surface area contributed by atoms with E-state index in [4.69, 9.17) is 0 Å². The topological polar surface area (TPSA) is 79.5 Å². The number of nitrogens with zero attached hydrogens (tertiary/aromatic N) is 1. The van der Waals surface area contributed by atoms with Crippen LogP contribution in [0.2, 0.25) is 0 Å². The molecule has 0 atom stereocenters. The van der Waals surface area contributed by atoms with Crippen LogP contribution < -0.4 is 0 Å². The second-order valence-corrected chi connectivity index (χ2v) is 7.25. The summed E-state index contributed by atoms with van der Waals surface area (Å²) in [6, 6.07) is 27.6. The van der Waals surface area contributed by atoms with E-state index in [2.05, 4.69) is 0 Å². The third kappa shape index (κ3) is 4.26. The van der Waals surface area contributed by atoms with Crippen molar-refractivity contribution in [1.82, 2.24) is 4.57 Å². The van der Waals surface area contributed by atoms with E-state index in [9.17, 15) is 19.8 Å². The van der Waals surface area contributed by atoms with Crippen molar-refractivity contribution in [2.75, 3.05) is 0 Å². The molecule has 31 heavy (non-hydrogen) atoms. The molecule has 0 spiro atoms. The highest BCUT2D eigenvalue weighted by Gasteiger charge is 2.22. The second-order valence-electron chi connectivity index (χ2n) is 7.25. The van der Waals surface area contributed by atoms with Gasteiger partial charge in [0.1, 0.15) is 0 Å². The normalized spacial score (nSPS) is 10.7. The predicted octanol–water partition coefficient (Wildman–Crippen LogP) is 5.33. The highest BCUT2D eigenvalue weighted by atomic mass is 16.4. The first-order valence-electron chi connectivity index (χ1n) is 9.95. The fraction of sp³-hybridized carbons (Fsp3) is 0.0769. The molecule has 2 N–H and O–H groups in total. The number of hydrogen-bond donors (Lipinski definition) is 2. The molecule has 0 radical (unpaired) electrons. The number of rotatable bonds is 7. The number of carbonyl (C=O) groups is 2. The van der Waals surface area contributed by atoms with Crippen LogP contribution in [0.25, 0.3) is 16.9 Å². The van der Waals surface area contributed by atoms with Gasteiger partial charge in [-0.3, -0.25) is 0 Å². The van der Waals surface area contributed by atoms with Gasteiger partial charge in [-0.25, -0.2) is 9.59 Å². The molecule has 0 saturated heterocycles. The third-order valence-electron chi connectivity index (χ3n) is 5.22. The minimum absolute atomic E-state index is 0.149. The molecular formula is C26H21NO4. The first kappa shape index (κ1) is 20.2. The van der Waals surface area contributed by atoms with Gasteiger partial charge in [0.25, 0.3) is 0 Å². The van der Waals surface area contributed by atoms with Crippen LogP contribution in [0.1, 0.15) is 32.0 Å². The van der Waals surface area contributed by atoms with E-state index >= 15 is 0 Å². The molecule has 0 aliphatic rings. The molecule has 3 aromatic carbocycles. The summed E-state index contributed by atoms with van der Waals surface area (Å²) >= 11 is 0. The van der Waals surface area contributed by atoms with Gasteiger partial charge in [-0.1, -0.05) is 66.7 Å². The highest BCUT2D eigenvalue weighted by molar-refractivity contribution is 5.96. The molecule has 4 rings (SSSR count). The van der Waals surface area contributed by atoms with Gasteiger partial charge < -0.3 is 14.8 Å². The highest BCUT2D eigenvalue weighted by Crippen LogP contribution is 2.32. The number of benzene rings is 3. The van der Waals surface area contributed by atoms with Crippen LogP contribution in [0.4, 0.5) is 0 Å². The first-order valence-corrected chi connectivity index (χ1v) is 9.95. The fourth-order valence-corrected chi connectivity index (χ4v) is 3.78. The molecule has 5 heteroatoms. The summed E-state index contributed by atoms with van der Waals surface area (Å²) in [4.78, 5) is 23.7. The van der Waals surface area contributed by atoms with E-state index in [0.29, 0.717) is 17.8 Å². The zero-order valence-electron chi connectivity index (χ0n) is 16.7. The average Bonchev–Trinajstić information content (AvgIpc) is 3.19. The number of carboxylic acid groups (broad SMARTS) is 2. The molecule has 0 unspecified atom stereocenters. The number of hydrogen-bond acceptors (Lipinski definition) is 2. The van der Waals surface area contributed by atoms with Gasteiger partial charge in [-0.05, 0) is 48.2 Å². The molecule has 0 bridgehead atoms. The molecule has 5 nitrogen and oxygen atoms in total. The standard InChI is InChI=1S/C26H21NO4/c28-25(29)20-12-7-13-21(16-20)27-22(15-14-18-8-3-1-4-9-18)17-23(26(30)31)24(27)19-10-5-2-6-11-19/h1-13,16-17H,14-15H2,(H,28,29)(H,30,31). The Labute approximate surface area is 179 Å². The minimum atomic E-state index is -1.03. The fourth-order valence-electron chi connectivity index (χ4n) is 3.78. The van der Waals surface area contributed by atoms with Crippen LogP contribution >= 0.6 is 0 Å². The van der Waals surface area contributed by atoms with E-state index in [0.717, 1.165) is 23.2 Å². The molecule has 0 aliphatic heterocycles. The lowest BCUT2D eigenvalue weighted by Crippen LogP contribution is -2.07. The Bertz CT molecular complexity index is 1230. The van der Waals surface area contributed by atoms with Crippen molar-refractivity contribution in [3.05, 3.63) is 113 Å². The Kier molecular flexibility index (Phi) is 5.67. The van der Waals surface area contributed by atoms with Gasteiger partial charge in [0.05, 0.1) is 16.8 Å². The van der Waals surface area contributed by atoms with Gasteiger partial charge in [-0.15, -0.1) is 0 Å². The van der Waals surface area contributed by atoms with Crippen molar-refractivity contribution in [3.63, 3.8) is 0 Å². The molecule has 0 fully saturated rings. The molecular weight excluding hydrogens is 390 g/mol. The number of aromatic nitrogens is 1. The molecule has 1 aromatic heterocycles. The SMILES string of the molecule is O=C(O)c1cccc(-n2c(CCc3ccccc3)cc(C(=O)O)c2-c2ccccc2)c1. The maximum absolute atomic E-state index is 12.1. The zero-order valence-corrected chi connectivity index (χ0v) is 16.7. The second kappa shape index (κ2) is 8.71. The molecule has 0 aliphatic carbocycles. The van der Waals surface area contributed by atoms with Crippen molar-refractivity contribution in [3.8, 4) is 16.9 Å². The van der Waals surface area contributed by atoms with Crippen LogP contribution in [-0.2, 0) is 12.8 Å². The van der Waals surface area contributed by atoms with Gasteiger partial charge in [0.15, 0.2) is 0 Å². The lowest BCUT2D eigenvalue weighted by Gasteiger charge is -2.15. The van der Waals surface area contributed by atoms with Crippen LogP contribution in [0, 0.1) is 0 Å². The van der Waals surface area contributed by atoms with E-state index < -0.39 is 11.9 Å². The maximum atomic E-state index is 12.1. The van der Waals surface area contributed by atoms with Crippen molar-refractivity contribution in [1.29, 1.82) is 0 Å². The summed E-state index contributed by atoms with van der Waals surface area (Å²) in [5.74, 6) is -2.05. The summed E-state index contributed by atoms with van der Waals surface area (Å²) in [5.41, 5.74) is 4.21. The average molecular weight is 411 g/mol.